The minimum atomic E-state index is -3.59. The van der Waals surface area contributed by atoms with Crippen LogP contribution >= 0.6 is 0 Å². The van der Waals surface area contributed by atoms with Gasteiger partial charge in [0.1, 0.15) is 17.1 Å². The third-order valence-electron chi connectivity index (χ3n) is 5.76. The van der Waals surface area contributed by atoms with Gasteiger partial charge in [-0.3, -0.25) is 4.79 Å². The van der Waals surface area contributed by atoms with E-state index in [9.17, 15) is 18.5 Å². The van der Waals surface area contributed by atoms with E-state index in [1.54, 1.807) is 18.2 Å². The average molecular weight is 475 g/mol. The molecule has 0 amide bonds. The van der Waals surface area contributed by atoms with Crippen LogP contribution < -0.4 is 10.9 Å². The molecule has 12 heteroatoms. The van der Waals surface area contributed by atoms with Crippen LogP contribution in [0.4, 0.5) is 15.9 Å². The molecule has 4 rings (SSSR count). The molecule has 3 aromatic rings. The first kappa shape index (κ1) is 22.9. The molecule has 2 N–H and O–H groups in total. The summed E-state index contributed by atoms with van der Waals surface area (Å²) in [7, 11) is -0.712. The minimum Gasteiger partial charge on any atom is -0.379 e. The number of alkyl halides is 1. The van der Waals surface area contributed by atoms with Crippen molar-refractivity contribution in [2.45, 2.75) is 29.4 Å². The number of hydrogen-bond donors (Lipinski definition) is 2. The quantitative estimate of drug-likeness (QED) is 0.559. The van der Waals surface area contributed by atoms with E-state index in [-0.39, 0.29) is 42.2 Å². The van der Waals surface area contributed by atoms with Crippen LogP contribution in [0.25, 0.3) is 10.9 Å². The summed E-state index contributed by atoms with van der Waals surface area (Å²) < 4.78 is 47.8. The van der Waals surface area contributed by atoms with Gasteiger partial charge in [-0.1, -0.05) is 0 Å². The maximum Gasteiger partial charge on any atom is 0.261 e. The van der Waals surface area contributed by atoms with E-state index in [4.69, 9.17) is 4.74 Å². The molecule has 2 aromatic heterocycles. The van der Waals surface area contributed by atoms with Crippen molar-refractivity contribution < 1.29 is 17.5 Å². The lowest BCUT2D eigenvalue weighted by Crippen LogP contribution is -2.50. The van der Waals surface area contributed by atoms with Crippen LogP contribution in [0.15, 0.2) is 46.2 Å². The van der Waals surface area contributed by atoms with Crippen molar-refractivity contribution in [1.29, 1.82) is 5.26 Å². The Labute approximate surface area is 189 Å². The highest BCUT2D eigenvalue weighted by Gasteiger charge is 2.46. The number of anilines is 2. The molecule has 33 heavy (non-hydrogen) atoms. The number of benzene rings is 1. The largest absolute Gasteiger partial charge is 0.379 e. The summed E-state index contributed by atoms with van der Waals surface area (Å²) in [5.74, 6) is 0.158. The molecule has 0 unspecified atom stereocenters. The SMILES string of the molecule is CN(C)S(=O)(=O)c1ccc(Nc2nn([C@@]3(CC#N)COCC[C@H]3F)c3cc[nH]c(=O)c23)cc1. The van der Waals surface area contributed by atoms with Gasteiger partial charge in [0.2, 0.25) is 10.0 Å². The number of nitrogens with one attached hydrogen (secondary N) is 2. The fraction of sp³-hybridized carbons (Fsp3) is 0.381. The number of aromatic nitrogens is 3. The zero-order chi connectivity index (χ0) is 23.8. The van der Waals surface area contributed by atoms with Crippen LogP contribution in [-0.2, 0) is 20.3 Å². The summed E-state index contributed by atoms with van der Waals surface area (Å²) in [4.78, 5) is 15.4. The molecule has 2 atom stereocenters. The summed E-state index contributed by atoms with van der Waals surface area (Å²) >= 11 is 0. The van der Waals surface area contributed by atoms with E-state index in [0.29, 0.717) is 11.2 Å². The van der Waals surface area contributed by atoms with E-state index in [2.05, 4.69) is 15.4 Å². The lowest BCUT2D eigenvalue weighted by Gasteiger charge is -2.38. The first-order valence-electron chi connectivity index (χ1n) is 10.2. The van der Waals surface area contributed by atoms with Gasteiger partial charge in [-0.05, 0) is 30.3 Å². The second-order valence-electron chi connectivity index (χ2n) is 8.01. The number of aromatic amines is 1. The van der Waals surface area contributed by atoms with Crippen LogP contribution in [0.5, 0.6) is 0 Å². The molecule has 1 fully saturated rings. The van der Waals surface area contributed by atoms with Gasteiger partial charge in [-0.2, -0.15) is 10.4 Å². The fourth-order valence-corrected chi connectivity index (χ4v) is 4.83. The summed E-state index contributed by atoms with van der Waals surface area (Å²) in [5.41, 5.74) is -0.972. The standard InChI is InChI=1S/C21H23FN6O4S/c1-27(2)33(30,31)15-5-3-14(4-6-15)25-19-18-16(7-11-24-20(18)29)28(26-19)21(9-10-23)13-32-12-8-17(21)22/h3-7,11,17H,8-9,12-13H2,1-2H3,(H,24,29)(H,25,26)/t17-,21+/m1/s1. The minimum absolute atomic E-state index is 0.0537. The zero-order valence-electron chi connectivity index (χ0n) is 18.1. The predicted molar refractivity (Wildman–Crippen MR) is 119 cm³/mol. The normalized spacial score (nSPS) is 21.2. The number of ether oxygens (including phenoxy) is 1. The van der Waals surface area contributed by atoms with Crippen molar-refractivity contribution in [2.24, 2.45) is 0 Å². The summed E-state index contributed by atoms with van der Waals surface area (Å²) in [6, 6.07) is 9.59. The molecule has 1 aliphatic rings. The highest BCUT2D eigenvalue weighted by atomic mass is 32.2. The fourth-order valence-electron chi connectivity index (χ4n) is 3.92. The third kappa shape index (κ3) is 3.88. The Kier molecular flexibility index (Phi) is 5.96. The monoisotopic (exact) mass is 474 g/mol. The first-order chi connectivity index (χ1) is 15.7. The number of nitrogens with zero attached hydrogens (tertiary/aromatic N) is 4. The van der Waals surface area contributed by atoms with Gasteiger partial charge in [0, 0.05) is 39.0 Å². The smallest absolute Gasteiger partial charge is 0.261 e. The van der Waals surface area contributed by atoms with E-state index >= 15 is 4.39 Å². The average Bonchev–Trinajstić information content (AvgIpc) is 3.16. The van der Waals surface area contributed by atoms with Gasteiger partial charge in [-0.15, -0.1) is 0 Å². The van der Waals surface area contributed by atoms with Gasteiger partial charge >= 0.3 is 0 Å². The number of nitriles is 1. The molecule has 1 saturated heterocycles. The topological polar surface area (TPSA) is 133 Å². The Bertz CT molecular complexity index is 1380. The Morgan fingerprint density at radius 1 is 1.36 bits per heavy atom. The number of halogens is 1. The van der Waals surface area contributed by atoms with Crippen LogP contribution in [0.2, 0.25) is 0 Å². The lowest BCUT2D eigenvalue weighted by molar-refractivity contribution is -0.0572. The summed E-state index contributed by atoms with van der Waals surface area (Å²) in [5, 5.41) is 17.1. The van der Waals surface area contributed by atoms with Crippen molar-refractivity contribution in [3.8, 4) is 6.07 Å². The first-order valence-corrected chi connectivity index (χ1v) is 11.6. The second kappa shape index (κ2) is 8.58. The summed E-state index contributed by atoms with van der Waals surface area (Å²) in [6.07, 6.45) is -0.0352. The maximum atomic E-state index is 15.2. The molecule has 10 nitrogen and oxygen atoms in total. The van der Waals surface area contributed by atoms with E-state index in [1.807, 2.05) is 6.07 Å². The van der Waals surface area contributed by atoms with Crippen LogP contribution in [0.1, 0.15) is 12.8 Å². The van der Waals surface area contributed by atoms with Crippen LogP contribution in [0.3, 0.4) is 0 Å². The van der Waals surface area contributed by atoms with Crippen LogP contribution in [-0.4, -0.2) is 61.0 Å². The highest BCUT2D eigenvalue weighted by Crippen LogP contribution is 2.37. The van der Waals surface area contributed by atoms with Crippen molar-refractivity contribution >= 4 is 32.4 Å². The molecule has 0 radical (unpaired) electrons. The van der Waals surface area contributed by atoms with Crippen molar-refractivity contribution in [1.82, 2.24) is 19.1 Å². The van der Waals surface area contributed by atoms with Gasteiger partial charge in [0.15, 0.2) is 5.82 Å². The molecular weight excluding hydrogens is 451 g/mol. The molecule has 3 heterocycles. The van der Waals surface area contributed by atoms with Crippen molar-refractivity contribution in [3.63, 3.8) is 0 Å². The van der Waals surface area contributed by atoms with E-state index < -0.39 is 27.3 Å². The number of pyridine rings is 1. The Morgan fingerprint density at radius 2 is 2.09 bits per heavy atom. The molecule has 0 bridgehead atoms. The number of sulfonamides is 1. The molecule has 0 spiro atoms. The number of rotatable bonds is 6. The number of fused-ring (bicyclic) bond motifs is 1. The van der Waals surface area contributed by atoms with Gasteiger partial charge < -0.3 is 15.0 Å². The Morgan fingerprint density at radius 3 is 2.73 bits per heavy atom. The van der Waals surface area contributed by atoms with Crippen LogP contribution in [0, 0.1) is 11.3 Å². The zero-order valence-corrected chi connectivity index (χ0v) is 18.9. The van der Waals surface area contributed by atoms with Gasteiger partial charge in [0.05, 0.1) is 29.5 Å². The van der Waals surface area contributed by atoms with E-state index in [0.717, 1.165) is 4.31 Å². The molecule has 0 aliphatic carbocycles. The van der Waals surface area contributed by atoms with Crippen molar-refractivity contribution in [3.05, 3.63) is 46.9 Å². The van der Waals surface area contributed by atoms with Gasteiger partial charge in [-0.25, -0.2) is 21.8 Å². The van der Waals surface area contributed by atoms with Crippen molar-refractivity contribution in [2.75, 3.05) is 32.6 Å². The molecule has 1 aliphatic heterocycles. The third-order valence-corrected chi connectivity index (χ3v) is 7.59. The second-order valence-corrected chi connectivity index (χ2v) is 10.2. The molecule has 174 valence electrons. The Hall–Kier alpha value is -3.27. The van der Waals surface area contributed by atoms with E-state index in [1.165, 1.54) is 37.1 Å². The highest BCUT2D eigenvalue weighted by molar-refractivity contribution is 7.89. The molecular formula is C21H23FN6O4S. The summed E-state index contributed by atoms with van der Waals surface area (Å²) in [6.45, 7) is 0.184. The number of hydrogen-bond acceptors (Lipinski definition) is 7. The Balaban J connectivity index is 1.80. The van der Waals surface area contributed by atoms with Gasteiger partial charge in [0.25, 0.3) is 5.56 Å². The maximum absolute atomic E-state index is 15.2. The molecule has 1 aromatic carbocycles. The lowest BCUT2D eigenvalue weighted by atomic mass is 9.87. The molecule has 0 saturated carbocycles. The number of H-pyrrole nitrogens is 1. The predicted octanol–water partition coefficient (Wildman–Crippen LogP) is 2.09.